The van der Waals surface area contributed by atoms with Crippen LogP contribution >= 0.6 is 0 Å². The molecule has 0 aliphatic carbocycles. The van der Waals surface area contributed by atoms with E-state index in [0.717, 1.165) is 0 Å². The van der Waals surface area contributed by atoms with Gasteiger partial charge in [-0.2, -0.15) is 0 Å². The molecule has 10 N–H and O–H groups in total. The van der Waals surface area contributed by atoms with Crippen LogP contribution in [0.2, 0.25) is 0 Å². The van der Waals surface area contributed by atoms with Crippen LogP contribution in [0.4, 0.5) is 0 Å². The number of nitrogens with zero attached hydrogens (tertiary/aromatic N) is 3. The van der Waals surface area contributed by atoms with Crippen LogP contribution in [0.5, 0.6) is 0 Å². The molecule has 0 radical (unpaired) electrons. The number of hydrogen-bond acceptors (Lipinski definition) is 13. The number of rotatable bonds is 28. The molecule has 25 nitrogen and oxygen atoms in total. The normalized spacial score (nSPS) is 19.5. The van der Waals surface area contributed by atoms with Crippen LogP contribution in [0.1, 0.15) is 182 Å². The molecule has 476 valence electrons. The van der Waals surface area contributed by atoms with Gasteiger partial charge in [-0.1, -0.05) is 55.4 Å². The third-order valence-corrected chi connectivity index (χ3v) is 15.4. The molecule has 3 aliphatic rings. The number of carbonyl (C=O) groups excluding carboxylic acids is 12. The summed E-state index contributed by atoms with van der Waals surface area (Å²) in [7, 11) is 0. The first-order valence-corrected chi connectivity index (χ1v) is 30.0. The van der Waals surface area contributed by atoms with Crippen molar-refractivity contribution in [3.63, 3.8) is 0 Å². The van der Waals surface area contributed by atoms with E-state index in [1.54, 1.807) is 13.8 Å². The molecule has 84 heavy (non-hydrogen) atoms. The summed E-state index contributed by atoms with van der Waals surface area (Å²) in [4.78, 5) is 169. The van der Waals surface area contributed by atoms with E-state index in [-0.39, 0.29) is 69.2 Å². The van der Waals surface area contributed by atoms with Gasteiger partial charge >= 0.3 is 0 Å². The van der Waals surface area contributed by atoms with E-state index in [9.17, 15) is 62.6 Å². The molecule has 3 heterocycles. The molecule has 0 spiro atoms. The summed E-state index contributed by atoms with van der Waals surface area (Å²) in [5, 5.41) is 34.5. The summed E-state index contributed by atoms with van der Waals surface area (Å²) in [5.41, 5.74) is -6.27. The van der Waals surface area contributed by atoms with Crippen molar-refractivity contribution in [3.8, 4) is 0 Å². The van der Waals surface area contributed by atoms with E-state index >= 15 is 0 Å². The van der Waals surface area contributed by atoms with Crippen LogP contribution in [0, 0.1) is 23.7 Å². The van der Waals surface area contributed by atoms with Gasteiger partial charge in [0.2, 0.25) is 70.9 Å². The smallest absolute Gasteiger partial charge is 0.248 e. The molecule has 0 aromatic heterocycles. The molecular weight excluding hydrogens is 1080 g/mol. The van der Waals surface area contributed by atoms with E-state index in [2.05, 4.69) is 47.9 Å². The first-order chi connectivity index (χ1) is 38.7. The Morgan fingerprint density at radius 3 is 1.18 bits per heavy atom. The van der Waals surface area contributed by atoms with Crippen molar-refractivity contribution in [2.75, 3.05) is 26.2 Å². The van der Waals surface area contributed by atoms with Crippen LogP contribution in [-0.2, 0) is 57.5 Å². The lowest BCUT2D eigenvalue weighted by atomic mass is 9.97. The van der Waals surface area contributed by atoms with E-state index in [1.807, 2.05) is 41.5 Å². The first-order valence-electron chi connectivity index (χ1n) is 30.0. The predicted octanol–water partition coefficient (Wildman–Crippen LogP) is 0.789. The van der Waals surface area contributed by atoms with Crippen molar-refractivity contribution >= 4 is 70.9 Å². The highest BCUT2D eigenvalue weighted by Crippen LogP contribution is 2.26. The molecule has 12 amide bonds. The van der Waals surface area contributed by atoms with Crippen molar-refractivity contribution in [2.24, 2.45) is 23.7 Å². The minimum Gasteiger partial charge on any atom is -0.394 e. The van der Waals surface area contributed by atoms with Crippen molar-refractivity contribution in [1.29, 1.82) is 0 Å². The van der Waals surface area contributed by atoms with Crippen molar-refractivity contribution in [2.45, 2.75) is 253 Å². The lowest BCUT2D eigenvalue weighted by Crippen LogP contribution is -2.65. The second kappa shape index (κ2) is 30.1. The Balaban J connectivity index is 1.66. The summed E-state index contributed by atoms with van der Waals surface area (Å²) in [6.45, 7) is 29.8. The Kier molecular flexibility index (Phi) is 25.8. The second-order valence-corrected chi connectivity index (χ2v) is 26.9. The van der Waals surface area contributed by atoms with Crippen LogP contribution < -0.4 is 47.9 Å². The standard InChI is InChI=1S/C59H102N12O13/c1-32(2)28-38(31-72)62-51(80)44(35(7)8)64-49(78)42-23-20-26-70(42)53(82)57(13,14)65-45(74)36(9)60-48(77)41-22-19-25-69(41)54(83)58(15,16)67-47(76)40(30-34(5)6)63-52(81)56(11,12)68-50(79)43-24-21-27-71(43)55(84)59(17,18)66-46(75)39(29-33(3)4)61-37(10)73/h32-36,38-44,72H,19-31H2,1-18H3,(H,60,77)(H,61,73)(H,62,80)(H,63,81)(H,64,78)(H,65,74)(H,66,75)(H,67,76)(H,68,79)/t36-,38-,39-,40-,41-,42-,43-,44-/m0/s1. The Labute approximate surface area is 497 Å². The minimum atomic E-state index is -1.62. The van der Waals surface area contributed by atoms with Gasteiger partial charge in [0.25, 0.3) is 0 Å². The van der Waals surface area contributed by atoms with Gasteiger partial charge in [0, 0.05) is 26.6 Å². The molecule has 8 atom stereocenters. The maximum Gasteiger partial charge on any atom is 0.248 e. The maximum absolute atomic E-state index is 14.3. The third kappa shape index (κ3) is 19.8. The van der Waals surface area contributed by atoms with Crippen molar-refractivity contribution < 1.29 is 62.6 Å². The number of aliphatic hydroxyl groups excluding tert-OH is 1. The average molecular weight is 1190 g/mol. The van der Waals surface area contributed by atoms with Gasteiger partial charge in [-0.05, 0) is 144 Å². The quantitative estimate of drug-likeness (QED) is 0.0519. The van der Waals surface area contributed by atoms with Crippen LogP contribution in [0.3, 0.4) is 0 Å². The largest absolute Gasteiger partial charge is 0.394 e. The van der Waals surface area contributed by atoms with E-state index in [0.29, 0.717) is 38.5 Å². The summed E-state index contributed by atoms with van der Waals surface area (Å²) in [6, 6.07) is -7.66. The minimum absolute atomic E-state index is 0.0573. The summed E-state index contributed by atoms with van der Waals surface area (Å²) >= 11 is 0. The molecule has 0 saturated carbocycles. The SMILES string of the molecule is CC(=O)N[C@@H](CC(C)C)C(=O)NC(C)(C)C(=O)N1CCC[C@H]1C(=O)NC(C)(C)C(=O)N[C@@H](CC(C)C)C(=O)NC(C)(C)C(=O)N1CCC[C@H]1C(=O)N[C@@H](C)C(=O)NC(C)(C)C(=O)N1CCC[C@H]1C(=O)N[C@H](C(=O)N[C@H](CO)CC(C)C)C(C)C. The molecule has 3 saturated heterocycles. The van der Waals surface area contributed by atoms with Crippen molar-refractivity contribution in [1.82, 2.24) is 62.6 Å². The molecule has 0 aromatic carbocycles. The molecule has 3 aliphatic heterocycles. The summed E-state index contributed by atoms with van der Waals surface area (Å²) < 4.78 is 0. The fourth-order valence-electron chi connectivity index (χ4n) is 10.9. The third-order valence-electron chi connectivity index (χ3n) is 15.4. The van der Waals surface area contributed by atoms with Gasteiger partial charge in [-0.25, -0.2) is 0 Å². The van der Waals surface area contributed by atoms with Gasteiger partial charge in [0.05, 0.1) is 12.6 Å². The highest BCUT2D eigenvalue weighted by atomic mass is 16.3. The molecular formula is C59H102N12O13. The maximum atomic E-state index is 14.3. The molecule has 0 aromatic rings. The summed E-state index contributed by atoms with van der Waals surface area (Å²) in [5.74, 6) is -7.23. The van der Waals surface area contributed by atoms with E-state index in [1.165, 1.54) is 83.9 Å². The van der Waals surface area contributed by atoms with Crippen LogP contribution in [0.25, 0.3) is 0 Å². The van der Waals surface area contributed by atoms with Gasteiger partial charge in [0.1, 0.15) is 64.4 Å². The number of nitrogens with one attached hydrogen (secondary N) is 9. The van der Waals surface area contributed by atoms with Gasteiger partial charge in [-0.15, -0.1) is 0 Å². The second-order valence-electron chi connectivity index (χ2n) is 26.9. The number of aliphatic hydroxyl groups is 1. The molecule has 0 bridgehead atoms. The zero-order valence-electron chi connectivity index (χ0n) is 53.3. The Morgan fingerprint density at radius 2 is 0.810 bits per heavy atom. The fourth-order valence-corrected chi connectivity index (χ4v) is 10.9. The average Bonchev–Trinajstić information content (AvgIpc) is 4.05. The van der Waals surface area contributed by atoms with Gasteiger partial charge in [-0.3, -0.25) is 57.5 Å². The monoisotopic (exact) mass is 1190 g/mol. The van der Waals surface area contributed by atoms with Crippen molar-refractivity contribution in [3.05, 3.63) is 0 Å². The number of hydrogen-bond donors (Lipinski definition) is 10. The van der Waals surface area contributed by atoms with Gasteiger partial charge in [0.15, 0.2) is 0 Å². The molecule has 3 rings (SSSR count). The lowest BCUT2D eigenvalue weighted by Gasteiger charge is -2.36. The Bertz CT molecular complexity index is 2420. The number of carbonyl (C=O) groups is 12. The highest BCUT2D eigenvalue weighted by Gasteiger charge is 2.48. The van der Waals surface area contributed by atoms with Gasteiger partial charge < -0.3 is 67.7 Å². The number of amides is 12. The zero-order chi connectivity index (χ0) is 64.1. The zero-order valence-corrected chi connectivity index (χ0v) is 53.3. The molecule has 25 heteroatoms. The van der Waals surface area contributed by atoms with E-state index in [4.69, 9.17) is 0 Å². The predicted molar refractivity (Wildman–Crippen MR) is 314 cm³/mol. The highest BCUT2D eigenvalue weighted by molar-refractivity contribution is 6.01. The lowest BCUT2D eigenvalue weighted by molar-refractivity contribution is -0.146. The summed E-state index contributed by atoms with van der Waals surface area (Å²) in [6.07, 6.45) is 3.23. The topological polar surface area (TPSA) is 343 Å². The molecule has 3 fully saturated rings. The van der Waals surface area contributed by atoms with E-state index < -0.39 is 141 Å². The Morgan fingerprint density at radius 1 is 0.440 bits per heavy atom. The first kappa shape index (κ1) is 71.9. The Hall–Kier alpha value is -6.40. The molecule has 0 unspecified atom stereocenters. The number of likely N-dealkylation sites (tertiary alicyclic amines) is 3. The van der Waals surface area contributed by atoms with Crippen LogP contribution in [-0.4, -0.2) is 187 Å². The van der Waals surface area contributed by atoms with Crippen LogP contribution in [0.15, 0.2) is 0 Å². The fraction of sp³-hybridized carbons (Fsp3) is 0.797.